The van der Waals surface area contributed by atoms with Gasteiger partial charge in [-0.15, -0.1) is 0 Å². The van der Waals surface area contributed by atoms with E-state index in [0.717, 1.165) is 18.2 Å². The summed E-state index contributed by atoms with van der Waals surface area (Å²) in [5.41, 5.74) is 1.22. The van der Waals surface area contributed by atoms with Crippen molar-refractivity contribution in [3.8, 4) is 0 Å². The number of benzene rings is 2. The molecule has 3 nitrogen and oxygen atoms in total. The standard InChI is InChI=1S/C15H17NO2S/c1-2-19(17,18)16-11-5-6-13-9-10-14-7-3-4-8-15(14)12-13/h2-4,7-10,12,16H,1,5-6,11H2. The van der Waals surface area contributed by atoms with Crippen LogP contribution in [0.5, 0.6) is 0 Å². The molecule has 0 unspecified atom stereocenters. The maximum absolute atomic E-state index is 11.2. The maximum atomic E-state index is 11.2. The van der Waals surface area contributed by atoms with Crippen LogP contribution in [0.3, 0.4) is 0 Å². The second kappa shape index (κ2) is 5.99. The van der Waals surface area contributed by atoms with Gasteiger partial charge in [0.15, 0.2) is 0 Å². The molecule has 100 valence electrons. The second-order valence-electron chi connectivity index (χ2n) is 4.39. The highest BCUT2D eigenvalue weighted by Crippen LogP contribution is 2.16. The Kier molecular flexibility index (Phi) is 4.35. The van der Waals surface area contributed by atoms with E-state index in [4.69, 9.17) is 0 Å². The third-order valence-electron chi connectivity index (χ3n) is 2.98. The summed E-state index contributed by atoms with van der Waals surface area (Å²) in [5.74, 6) is 0. The summed E-state index contributed by atoms with van der Waals surface area (Å²) in [5, 5.41) is 3.37. The summed E-state index contributed by atoms with van der Waals surface area (Å²) < 4.78 is 24.8. The highest BCUT2D eigenvalue weighted by atomic mass is 32.2. The van der Waals surface area contributed by atoms with Crippen LogP contribution >= 0.6 is 0 Å². The molecule has 0 aliphatic rings. The van der Waals surface area contributed by atoms with Gasteiger partial charge in [0.05, 0.1) is 0 Å². The van der Waals surface area contributed by atoms with Crippen LogP contribution in [0.4, 0.5) is 0 Å². The lowest BCUT2D eigenvalue weighted by molar-refractivity contribution is 0.588. The molecule has 0 bridgehead atoms. The lowest BCUT2D eigenvalue weighted by atomic mass is 10.0. The molecule has 0 heterocycles. The van der Waals surface area contributed by atoms with E-state index < -0.39 is 10.0 Å². The third-order valence-corrected chi connectivity index (χ3v) is 4.02. The zero-order valence-corrected chi connectivity index (χ0v) is 11.5. The zero-order chi connectivity index (χ0) is 13.7. The molecular weight excluding hydrogens is 258 g/mol. The van der Waals surface area contributed by atoms with Crippen LogP contribution in [-0.2, 0) is 16.4 Å². The summed E-state index contributed by atoms with van der Waals surface area (Å²) in [6.07, 6.45) is 1.62. The van der Waals surface area contributed by atoms with E-state index >= 15 is 0 Å². The monoisotopic (exact) mass is 275 g/mol. The van der Waals surface area contributed by atoms with Gasteiger partial charge >= 0.3 is 0 Å². The molecule has 2 rings (SSSR count). The summed E-state index contributed by atoms with van der Waals surface area (Å²) >= 11 is 0. The van der Waals surface area contributed by atoms with Gasteiger partial charge in [-0.2, -0.15) is 0 Å². The average Bonchev–Trinajstić information content (AvgIpc) is 2.43. The van der Waals surface area contributed by atoms with Crippen LogP contribution in [-0.4, -0.2) is 15.0 Å². The molecule has 0 amide bonds. The van der Waals surface area contributed by atoms with Crippen molar-refractivity contribution in [2.24, 2.45) is 0 Å². The Morgan fingerprint density at radius 1 is 1.11 bits per heavy atom. The SMILES string of the molecule is C=CS(=O)(=O)NCCCc1ccc2ccccc2c1. The first-order chi connectivity index (χ1) is 9.11. The lowest BCUT2D eigenvalue weighted by Crippen LogP contribution is -2.22. The van der Waals surface area contributed by atoms with Gasteiger partial charge in [0, 0.05) is 12.0 Å². The van der Waals surface area contributed by atoms with Crippen LogP contribution in [0.1, 0.15) is 12.0 Å². The first-order valence-corrected chi connectivity index (χ1v) is 7.75. The fourth-order valence-corrected chi connectivity index (χ4v) is 2.51. The summed E-state index contributed by atoms with van der Waals surface area (Å²) in [6, 6.07) is 14.5. The van der Waals surface area contributed by atoms with Gasteiger partial charge in [0.25, 0.3) is 0 Å². The van der Waals surface area contributed by atoms with Gasteiger partial charge in [-0.05, 0) is 29.2 Å². The Morgan fingerprint density at radius 3 is 2.58 bits per heavy atom. The molecule has 2 aromatic carbocycles. The second-order valence-corrected chi connectivity index (χ2v) is 6.10. The minimum Gasteiger partial charge on any atom is -0.212 e. The van der Waals surface area contributed by atoms with Crippen molar-refractivity contribution in [2.75, 3.05) is 6.54 Å². The molecule has 4 heteroatoms. The molecule has 0 aromatic heterocycles. The van der Waals surface area contributed by atoms with E-state index in [-0.39, 0.29) is 0 Å². The van der Waals surface area contributed by atoms with Gasteiger partial charge in [-0.1, -0.05) is 49.0 Å². The van der Waals surface area contributed by atoms with Gasteiger partial charge in [-0.25, -0.2) is 13.1 Å². The summed E-state index contributed by atoms with van der Waals surface area (Å²) in [6.45, 7) is 3.68. The van der Waals surface area contributed by atoms with Crippen LogP contribution in [0.25, 0.3) is 10.8 Å². The van der Waals surface area contributed by atoms with Gasteiger partial charge in [0.1, 0.15) is 0 Å². The third kappa shape index (κ3) is 3.91. The zero-order valence-electron chi connectivity index (χ0n) is 10.7. The quantitative estimate of drug-likeness (QED) is 0.824. The number of nitrogens with one attached hydrogen (secondary N) is 1. The predicted octanol–water partition coefficient (Wildman–Crippen LogP) is 2.84. The van der Waals surface area contributed by atoms with Crippen LogP contribution in [0.15, 0.2) is 54.5 Å². The van der Waals surface area contributed by atoms with Crippen LogP contribution in [0, 0.1) is 0 Å². The minimum absolute atomic E-state index is 0.432. The van der Waals surface area contributed by atoms with Crippen molar-refractivity contribution < 1.29 is 8.42 Å². The number of hydrogen-bond donors (Lipinski definition) is 1. The Hall–Kier alpha value is -1.65. The molecule has 2 aromatic rings. The fourth-order valence-electron chi connectivity index (χ4n) is 1.96. The van der Waals surface area contributed by atoms with Crippen molar-refractivity contribution >= 4 is 20.8 Å². The average molecular weight is 275 g/mol. The number of aryl methyl sites for hydroxylation is 1. The van der Waals surface area contributed by atoms with E-state index in [1.165, 1.54) is 16.3 Å². The van der Waals surface area contributed by atoms with Crippen molar-refractivity contribution in [2.45, 2.75) is 12.8 Å². The predicted molar refractivity (Wildman–Crippen MR) is 79.4 cm³/mol. The molecule has 1 N–H and O–H groups in total. The molecular formula is C15H17NO2S. The van der Waals surface area contributed by atoms with E-state index in [0.29, 0.717) is 6.54 Å². The van der Waals surface area contributed by atoms with Crippen molar-refractivity contribution in [1.82, 2.24) is 4.72 Å². The Labute approximate surface area is 114 Å². The largest absolute Gasteiger partial charge is 0.233 e. The van der Waals surface area contributed by atoms with E-state index in [2.05, 4.69) is 41.6 Å². The molecule has 0 radical (unpaired) electrons. The summed E-state index contributed by atoms with van der Waals surface area (Å²) in [4.78, 5) is 0. The lowest BCUT2D eigenvalue weighted by Gasteiger charge is -2.05. The molecule has 19 heavy (non-hydrogen) atoms. The highest BCUT2D eigenvalue weighted by molar-refractivity contribution is 7.92. The minimum atomic E-state index is -3.29. The summed E-state index contributed by atoms with van der Waals surface area (Å²) in [7, 11) is -3.29. The molecule has 0 atom stereocenters. The molecule has 0 aliphatic carbocycles. The van der Waals surface area contributed by atoms with Gasteiger partial charge in [-0.3, -0.25) is 0 Å². The first-order valence-electron chi connectivity index (χ1n) is 6.20. The maximum Gasteiger partial charge on any atom is 0.233 e. The molecule has 0 spiro atoms. The molecule has 0 fully saturated rings. The Morgan fingerprint density at radius 2 is 1.84 bits per heavy atom. The molecule has 0 saturated carbocycles. The number of sulfonamides is 1. The van der Waals surface area contributed by atoms with E-state index in [1.54, 1.807) is 0 Å². The molecule has 0 saturated heterocycles. The normalized spacial score (nSPS) is 11.6. The van der Waals surface area contributed by atoms with E-state index in [9.17, 15) is 8.42 Å². The Balaban J connectivity index is 1.93. The van der Waals surface area contributed by atoms with Crippen LogP contribution < -0.4 is 4.72 Å². The van der Waals surface area contributed by atoms with Crippen molar-refractivity contribution in [3.63, 3.8) is 0 Å². The Bertz CT molecular complexity index is 677. The van der Waals surface area contributed by atoms with Crippen molar-refractivity contribution in [1.29, 1.82) is 0 Å². The molecule has 0 aliphatic heterocycles. The number of hydrogen-bond acceptors (Lipinski definition) is 2. The number of fused-ring (bicyclic) bond motifs is 1. The first kappa shape index (κ1) is 13.8. The van der Waals surface area contributed by atoms with Crippen LogP contribution in [0.2, 0.25) is 0 Å². The smallest absolute Gasteiger partial charge is 0.212 e. The van der Waals surface area contributed by atoms with Gasteiger partial charge in [0.2, 0.25) is 10.0 Å². The van der Waals surface area contributed by atoms with Crippen molar-refractivity contribution in [3.05, 3.63) is 60.0 Å². The van der Waals surface area contributed by atoms with Gasteiger partial charge < -0.3 is 0 Å². The van der Waals surface area contributed by atoms with E-state index in [1.807, 2.05) is 12.1 Å². The fraction of sp³-hybridized carbons (Fsp3) is 0.200. The topological polar surface area (TPSA) is 46.2 Å². The number of rotatable bonds is 6. The highest BCUT2D eigenvalue weighted by Gasteiger charge is 2.02.